The van der Waals surface area contributed by atoms with E-state index in [9.17, 15) is 125 Å². The van der Waals surface area contributed by atoms with Gasteiger partial charge in [-0.2, -0.15) is 12.6 Å². The first-order valence-corrected chi connectivity index (χ1v) is 29.7. The lowest BCUT2D eigenvalue weighted by Gasteiger charge is -2.45. The molecule has 556 valence electrons. The average molecular weight is 1530 g/mol. The molecule has 6 aliphatic heterocycles. The van der Waals surface area contributed by atoms with Crippen LogP contribution in [0.25, 0.3) is 0 Å². The molecule has 24 atom stereocenters. The van der Waals surface area contributed by atoms with Crippen molar-refractivity contribution in [1.82, 2.24) is 10.0 Å². The molecule has 17 N–H and O–H groups in total. The molecule has 52 nitrogen and oxygen atoms in total. The van der Waals surface area contributed by atoms with Crippen LogP contribution in [0.15, 0.2) is 35.5 Å². The van der Waals surface area contributed by atoms with Crippen molar-refractivity contribution in [2.45, 2.75) is 154 Å². The molecule has 6 aliphatic rings. The standard InChI is InChI=1S/C14H21NO16S.2C12H19NO15S.3OS/c1-4(16)15-8-11(30-31-22)10(7(27-13(8)21)3-26-32(23,24)25)29-14-9(18)5(17)2-6(28-14)12(19)20;13-6-9(27-28-19)8(5(24-11(6)18)2-23-29(20,21)22)26-12-7(15)3(14)1-4(25-12)10(16)17;14-2-5-8(26-12-7(16)3(15)1-4(25-12)10(17)18)9(27-28-20)6(11(19)24-5)13-29(21,22)23;3*1-2/h2,5,7-11,13-14,17-18,21-22H,3H2,1H3,(H,15,16)(H,19,20)(H,23,24,25);1,3,5-9,11-12,14-15,18-19H,2,13H2,(H,16,17)(H,20,21,22);1,3,5-9,11-16,19-20H,2H2,(H,17,18)(H,21,22,23);;;/p-6/t5-,7?,8?,9?,10+,11+,13?,14-;2*3-,5?,6?,7?,8+,9+,11?,12-;;;/m000.../s1. The maximum atomic E-state index is 11.4. The number of carboxylic acid groups (broad SMARTS) is 3. The number of nitrogens with one attached hydrogen (secondary N) is 2. The minimum atomic E-state index is -5.28. The van der Waals surface area contributed by atoms with Crippen LogP contribution >= 0.6 is 0 Å². The van der Waals surface area contributed by atoms with Crippen molar-refractivity contribution in [3.05, 3.63) is 35.5 Å². The lowest BCUT2D eigenvalue weighted by atomic mass is 9.96. The molecule has 0 saturated carbocycles. The molecule has 0 aromatic rings. The summed E-state index contributed by atoms with van der Waals surface area (Å²) >= 11 is 8.50. The second-order valence-electron chi connectivity index (χ2n) is 18.3. The van der Waals surface area contributed by atoms with Gasteiger partial charge in [0.15, 0.2) is 66.8 Å². The Hall–Kier alpha value is -4.87. The van der Waals surface area contributed by atoms with Gasteiger partial charge in [-0.1, -0.05) is 0 Å². The van der Waals surface area contributed by atoms with Gasteiger partial charge in [0, 0.05) is 6.92 Å². The summed E-state index contributed by atoms with van der Waals surface area (Å²) in [5.74, 6) is -8.12. The Labute approximate surface area is 549 Å². The van der Waals surface area contributed by atoms with E-state index in [1.54, 1.807) is 0 Å². The van der Waals surface area contributed by atoms with Crippen molar-refractivity contribution in [3.63, 3.8) is 0 Å². The summed E-state index contributed by atoms with van der Waals surface area (Å²) in [4.78, 5) is 57.8. The summed E-state index contributed by atoms with van der Waals surface area (Å²) in [7, 11) is -15.7. The van der Waals surface area contributed by atoms with Crippen LogP contribution in [0, 0.1) is 0 Å². The highest BCUT2D eigenvalue weighted by Gasteiger charge is 2.54. The Balaban J connectivity index is 0.000000693. The third-order valence-electron chi connectivity index (χ3n) is 12.2. The number of carbonyl (C=O) groups is 4. The maximum absolute atomic E-state index is 11.4. The smallest absolute Gasteiger partial charge is 0.371 e. The van der Waals surface area contributed by atoms with Crippen molar-refractivity contribution in [2.75, 3.05) is 19.8 Å². The second-order valence-corrected chi connectivity index (χ2v) is 21.5. The number of hydrogen-bond donors (Lipinski definition) is 16. The van der Waals surface area contributed by atoms with Crippen LogP contribution in [0.4, 0.5) is 0 Å². The van der Waals surface area contributed by atoms with E-state index in [1.807, 2.05) is 0 Å². The fraction of sp³-hybridized carbons (Fsp3) is 0.737. The Kier molecular flexibility index (Phi) is 38.7. The van der Waals surface area contributed by atoms with Crippen molar-refractivity contribution in [1.29, 1.82) is 0 Å². The van der Waals surface area contributed by atoms with Gasteiger partial charge in [0.2, 0.25) is 62.9 Å². The van der Waals surface area contributed by atoms with Crippen molar-refractivity contribution in [2.24, 2.45) is 5.73 Å². The molecule has 1 amide bonds. The summed E-state index contributed by atoms with van der Waals surface area (Å²) in [5, 5.41) is 169. The van der Waals surface area contributed by atoms with E-state index < -0.39 is 239 Å². The molecule has 12 unspecified atom stereocenters. The molecule has 3 saturated heterocycles. The second kappa shape index (κ2) is 41.6. The van der Waals surface area contributed by atoms with Gasteiger partial charge in [-0.15, -0.1) is 0 Å². The van der Waals surface area contributed by atoms with E-state index in [0.717, 1.165) is 6.92 Å². The third kappa shape index (κ3) is 27.3. The highest BCUT2D eigenvalue weighted by molar-refractivity contribution is 7.83. The number of hydrogen-bond acceptors (Lipinski definition) is 50. The highest BCUT2D eigenvalue weighted by Crippen LogP contribution is 2.33. The number of aliphatic hydroxyl groups excluding tert-OH is 10. The molecule has 6 rings (SSSR count). The number of ether oxygens (including phenoxy) is 9. The molecule has 0 aromatic heterocycles. The van der Waals surface area contributed by atoms with Crippen LogP contribution in [-0.4, -0.2) is 309 Å². The summed E-state index contributed by atoms with van der Waals surface area (Å²) in [5.41, 5.74) is 5.61. The molecular formula is C38H53N3O49S6-6. The summed E-state index contributed by atoms with van der Waals surface area (Å²) in [6, 6.07) is -5.11. The van der Waals surface area contributed by atoms with Gasteiger partial charge in [0.1, 0.15) is 104 Å². The predicted octanol–water partition coefficient (Wildman–Crippen LogP) is -17.6. The van der Waals surface area contributed by atoms with E-state index in [0.29, 0.717) is 18.2 Å². The number of carbonyl (C=O) groups excluding carboxylic acids is 1. The Morgan fingerprint density at radius 3 is 1.12 bits per heavy atom. The molecule has 0 radical (unpaired) electrons. The minimum absolute atomic E-state index is 0.660. The van der Waals surface area contributed by atoms with Crippen LogP contribution in [0.2, 0.25) is 0 Å². The quantitative estimate of drug-likeness (QED) is 0.0175. The van der Waals surface area contributed by atoms with Crippen molar-refractivity contribution in [3.8, 4) is 0 Å². The topological polar surface area (TPSA) is 830 Å². The van der Waals surface area contributed by atoms with Gasteiger partial charge in [0.25, 0.3) is 0 Å². The van der Waals surface area contributed by atoms with Gasteiger partial charge in [-0.3, -0.25) is 28.3 Å². The van der Waals surface area contributed by atoms with Crippen LogP contribution < -0.4 is 31.5 Å². The molecule has 0 bridgehead atoms. The van der Waals surface area contributed by atoms with Crippen molar-refractivity contribution >= 4 is 92.5 Å². The number of amides is 1. The molecular weight excluding hydrogens is 1470 g/mol. The third-order valence-corrected chi connectivity index (χ3v) is 13.6. The van der Waals surface area contributed by atoms with Crippen LogP contribution in [0.3, 0.4) is 0 Å². The maximum Gasteiger partial charge on any atom is 0.371 e. The Morgan fingerprint density at radius 2 is 0.812 bits per heavy atom. The van der Waals surface area contributed by atoms with Crippen LogP contribution in [0.5, 0.6) is 0 Å². The van der Waals surface area contributed by atoms with E-state index in [4.69, 9.17) is 76.3 Å². The number of nitrogens with two attached hydrogens (primary N) is 1. The Morgan fingerprint density at radius 1 is 0.510 bits per heavy atom. The highest BCUT2D eigenvalue weighted by atomic mass is 32.3. The van der Waals surface area contributed by atoms with Gasteiger partial charge >= 0.3 is 17.9 Å². The molecule has 0 spiro atoms. The first kappa shape index (κ1) is 89.1. The predicted molar refractivity (Wildman–Crippen MR) is 268 cm³/mol. The summed E-state index contributed by atoms with van der Waals surface area (Å²) < 4.78 is 176. The molecule has 58 heteroatoms. The van der Waals surface area contributed by atoms with E-state index >= 15 is 0 Å². The van der Waals surface area contributed by atoms with Gasteiger partial charge in [0.05, 0.1) is 25.9 Å². The lowest BCUT2D eigenvalue weighted by molar-refractivity contribution is -0.807. The average Bonchev–Trinajstić information content (AvgIpc) is 0.797. The fourth-order valence-corrected chi connectivity index (χ4v) is 9.44. The zero-order chi connectivity index (χ0) is 74.1. The number of aliphatic carboxylic acids is 3. The monoisotopic (exact) mass is 1530 g/mol. The minimum Gasteiger partial charge on any atom is -0.735 e. The van der Waals surface area contributed by atoms with Gasteiger partial charge < -0.3 is 149 Å². The van der Waals surface area contributed by atoms with Crippen LogP contribution in [-0.2, 0) is 169 Å². The molecule has 0 aromatic carbocycles. The number of aliphatic hydroxyl groups is 10. The summed E-state index contributed by atoms with van der Waals surface area (Å²) in [6.07, 6.45) is -36.5. The zero-order valence-electron chi connectivity index (χ0n) is 46.7. The molecule has 6 heterocycles. The normalized spacial score (nSPS) is 35.0. The molecule has 3 fully saturated rings. The van der Waals surface area contributed by atoms with Gasteiger partial charge in [-0.25, -0.2) is 59.0 Å². The van der Waals surface area contributed by atoms with E-state index in [1.165, 1.54) is 4.72 Å². The number of rotatable bonds is 25. The zero-order valence-corrected chi connectivity index (χ0v) is 51.6. The fourth-order valence-electron chi connectivity index (χ4n) is 8.26. The van der Waals surface area contributed by atoms with E-state index in [2.05, 4.69) is 81.1 Å². The van der Waals surface area contributed by atoms with Crippen molar-refractivity contribution < 1.29 is 234 Å². The molecule has 96 heavy (non-hydrogen) atoms. The molecule has 0 aliphatic carbocycles. The van der Waals surface area contributed by atoms with Crippen LogP contribution in [0.1, 0.15) is 6.92 Å². The SMILES string of the molecule is CC(=O)NC1C(O)OC(COS(=O)(=O)[O-])[C@@H](O[C@@H]2OC(C(=O)O)=C[C@H](O)C2O)[C@@H]1OO[O-].NC1C(O)OC(COS(=O)(=O)[O-])[C@@H](O[C@@H]2OC(C(=O)O)=C[C@H](O)C2O)[C@@H]1OO[O-].O=C(O)C1=C[C@H](O)C(O)[C@H](O[C@@H]2C(CO)OC(O)C(NS(=O)(=O)[O-])[C@H]2OO[O-])O1.O=S.O=S.O=S. The Bertz CT molecular complexity index is 2850. The van der Waals surface area contributed by atoms with Gasteiger partial charge in [-0.05, 0) is 18.2 Å². The first-order valence-electron chi connectivity index (χ1n) is 24.6. The first-order chi connectivity index (χ1) is 44.8. The largest absolute Gasteiger partial charge is 0.735 e. The van der Waals surface area contributed by atoms with E-state index in [-0.39, 0.29) is 0 Å². The number of carboxylic acids is 3. The lowest BCUT2D eigenvalue weighted by Crippen LogP contribution is -2.66. The summed E-state index contributed by atoms with van der Waals surface area (Å²) in [6.45, 7) is -2.09.